The highest BCUT2D eigenvalue weighted by Gasteiger charge is 2.30. The van der Waals surface area contributed by atoms with Gasteiger partial charge in [0.2, 0.25) is 10.0 Å². The third-order valence-electron chi connectivity index (χ3n) is 2.87. The Morgan fingerprint density at radius 3 is 2.50 bits per heavy atom. The fourth-order valence-corrected chi connectivity index (χ4v) is 3.70. The van der Waals surface area contributed by atoms with Gasteiger partial charge in [-0.25, -0.2) is 13.1 Å². The van der Waals surface area contributed by atoms with Gasteiger partial charge in [-0.3, -0.25) is 0 Å². The number of nitrogens with one attached hydrogen (secondary N) is 1. The number of hydrogen-bond donors (Lipinski definition) is 2. The smallest absolute Gasteiger partial charge is 0.212 e. The Kier molecular flexibility index (Phi) is 3.99. The average Bonchev–Trinajstić information content (AvgIpc) is 3.10. The summed E-state index contributed by atoms with van der Waals surface area (Å²) in [7, 11) is -3.33. The lowest BCUT2D eigenvalue weighted by Crippen LogP contribution is -2.38. The molecule has 1 fully saturated rings. The molecule has 1 saturated carbocycles. The van der Waals surface area contributed by atoms with E-state index in [-0.39, 0.29) is 10.7 Å². The molecule has 1 atom stereocenters. The Morgan fingerprint density at radius 2 is 2.00 bits per heavy atom. The average molecular weight is 284 g/mol. The number of hydrogen-bond acceptors (Lipinski definition) is 3. The topological polar surface area (TPSA) is 72.2 Å². The van der Waals surface area contributed by atoms with E-state index in [0.717, 1.165) is 18.4 Å². The molecule has 98 valence electrons. The first-order chi connectivity index (χ1) is 8.48. The van der Waals surface area contributed by atoms with E-state index in [1.165, 1.54) is 0 Å². The molecule has 0 aliphatic heterocycles. The molecule has 1 aromatic rings. The second kappa shape index (κ2) is 5.34. The molecule has 0 amide bonds. The van der Waals surface area contributed by atoms with Crippen LogP contribution in [0.25, 0.3) is 0 Å². The van der Waals surface area contributed by atoms with Crippen molar-refractivity contribution in [1.29, 1.82) is 0 Å². The summed E-state index contributed by atoms with van der Waals surface area (Å²) in [6, 6.07) is 8.52. The molecule has 0 aromatic heterocycles. The van der Waals surface area contributed by atoms with E-state index in [1.807, 2.05) is 30.3 Å². The SMILES string of the molecule is NC(=S)C(NS(=O)(=O)CC1CC1)c1ccccc1. The second-order valence-electron chi connectivity index (χ2n) is 4.59. The van der Waals surface area contributed by atoms with Crippen LogP contribution in [0.15, 0.2) is 30.3 Å². The highest BCUT2D eigenvalue weighted by molar-refractivity contribution is 7.89. The van der Waals surface area contributed by atoms with Crippen LogP contribution in [0, 0.1) is 5.92 Å². The number of sulfonamides is 1. The lowest BCUT2D eigenvalue weighted by atomic mass is 10.1. The molecule has 2 rings (SSSR count). The van der Waals surface area contributed by atoms with Gasteiger partial charge >= 0.3 is 0 Å². The monoisotopic (exact) mass is 284 g/mol. The van der Waals surface area contributed by atoms with Gasteiger partial charge in [0.15, 0.2) is 0 Å². The van der Waals surface area contributed by atoms with Crippen molar-refractivity contribution in [3.05, 3.63) is 35.9 Å². The lowest BCUT2D eigenvalue weighted by molar-refractivity contribution is 0.573. The van der Waals surface area contributed by atoms with Crippen LogP contribution in [0.3, 0.4) is 0 Å². The molecule has 6 heteroatoms. The summed E-state index contributed by atoms with van der Waals surface area (Å²) in [6.07, 6.45) is 1.98. The van der Waals surface area contributed by atoms with Crippen LogP contribution in [-0.4, -0.2) is 19.2 Å². The molecule has 1 unspecified atom stereocenters. The van der Waals surface area contributed by atoms with Crippen molar-refractivity contribution in [2.45, 2.75) is 18.9 Å². The van der Waals surface area contributed by atoms with Crippen molar-refractivity contribution >= 4 is 27.2 Å². The zero-order valence-electron chi connectivity index (χ0n) is 9.87. The Hall–Kier alpha value is -0.980. The summed E-state index contributed by atoms with van der Waals surface area (Å²) in [5.74, 6) is 0.462. The maximum Gasteiger partial charge on any atom is 0.212 e. The molecule has 18 heavy (non-hydrogen) atoms. The summed E-state index contributed by atoms with van der Waals surface area (Å²) >= 11 is 4.95. The minimum Gasteiger partial charge on any atom is -0.392 e. The van der Waals surface area contributed by atoms with Crippen molar-refractivity contribution in [3.63, 3.8) is 0 Å². The first kappa shape index (κ1) is 13.5. The number of nitrogens with two attached hydrogens (primary N) is 1. The van der Waals surface area contributed by atoms with Gasteiger partial charge in [-0.1, -0.05) is 42.5 Å². The van der Waals surface area contributed by atoms with Gasteiger partial charge in [0.25, 0.3) is 0 Å². The first-order valence-electron chi connectivity index (χ1n) is 5.82. The first-order valence-corrected chi connectivity index (χ1v) is 7.88. The van der Waals surface area contributed by atoms with Crippen LogP contribution in [0.1, 0.15) is 24.4 Å². The Morgan fingerprint density at radius 1 is 1.39 bits per heavy atom. The van der Waals surface area contributed by atoms with Gasteiger partial charge < -0.3 is 5.73 Å². The normalized spacial score (nSPS) is 17.3. The summed E-state index contributed by atoms with van der Waals surface area (Å²) in [5.41, 5.74) is 6.39. The van der Waals surface area contributed by atoms with Crippen molar-refractivity contribution in [3.8, 4) is 0 Å². The van der Waals surface area contributed by atoms with Crippen LogP contribution < -0.4 is 10.5 Å². The van der Waals surface area contributed by atoms with Crippen LogP contribution in [0.2, 0.25) is 0 Å². The van der Waals surface area contributed by atoms with E-state index in [4.69, 9.17) is 18.0 Å². The van der Waals surface area contributed by atoms with Crippen LogP contribution in [-0.2, 0) is 10.0 Å². The Labute approximate surface area is 113 Å². The van der Waals surface area contributed by atoms with E-state index in [9.17, 15) is 8.42 Å². The van der Waals surface area contributed by atoms with Gasteiger partial charge in [0.1, 0.15) is 0 Å². The van der Waals surface area contributed by atoms with Gasteiger partial charge in [0, 0.05) is 0 Å². The van der Waals surface area contributed by atoms with E-state index in [2.05, 4.69) is 4.72 Å². The predicted molar refractivity (Wildman–Crippen MR) is 75.6 cm³/mol. The second-order valence-corrected chi connectivity index (χ2v) is 6.86. The van der Waals surface area contributed by atoms with Crippen LogP contribution >= 0.6 is 12.2 Å². The van der Waals surface area contributed by atoms with Crippen molar-refractivity contribution in [2.24, 2.45) is 11.7 Å². The molecule has 0 radical (unpaired) electrons. The molecule has 3 N–H and O–H groups in total. The maximum absolute atomic E-state index is 11.9. The number of benzene rings is 1. The van der Waals surface area contributed by atoms with Crippen molar-refractivity contribution in [2.75, 3.05) is 5.75 Å². The molecule has 1 aromatic carbocycles. The van der Waals surface area contributed by atoms with E-state index < -0.39 is 16.1 Å². The van der Waals surface area contributed by atoms with Crippen LogP contribution in [0.5, 0.6) is 0 Å². The minimum absolute atomic E-state index is 0.139. The maximum atomic E-state index is 11.9. The Bertz CT molecular complexity index is 524. The fourth-order valence-electron chi connectivity index (χ4n) is 1.76. The van der Waals surface area contributed by atoms with Crippen LogP contribution in [0.4, 0.5) is 0 Å². The highest BCUT2D eigenvalue weighted by Crippen LogP contribution is 2.30. The summed E-state index contributed by atoms with van der Waals surface area (Å²) in [5, 5.41) is 0. The Balaban J connectivity index is 2.14. The fraction of sp³-hybridized carbons (Fsp3) is 0.417. The molecule has 1 aliphatic carbocycles. The van der Waals surface area contributed by atoms with E-state index >= 15 is 0 Å². The van der Waals surface area contributed by atoms with Crippen molar-refractivity contribution < 1.29 is 8.42 Å². The molecule has 0 saturated heterocycles. The molecular formula is C12H16N2O2S2. The van der Waals surface area contributed by atoms with E-state index in [1.54, 1.807) is 0 Å². The van der Waals surface area contributed by atoms with Gasteiger partial charge in [0.05, 0.1) is 16.8 Å². The van der Waals surface area contributed by atoms with Gasteiger partial charge in [-0.05, 0) is 24.3 Å². The third kappa shape index (κ3) is 3.76. The molecule has 0 spiro atoms. The largest absolute Gasteiger partial charge is 0.392 e. The summed E-state index contributed by atoms with van der Waals surface area (Å²) in [6.45, 7) is 0. The highest BCUT2D eigenvalue weighted by atomic mass is 32.2. The predicted octanol–water partition coefficient (Wildman–Crippen LogP) is 1.34. The van der Waals surface area contributed by atoms with Crippen molar-refractivity contribution in [1.82, 2.24) is 4.72 Å². The molecule has 0 bridgehead atoms. The van der Waals surface area contributed by atoms with Gasteiger partial charge in [-0.15, -0.1) is 0 Å². The standard InChI is InChI=1S/C12H16N2O2S2/c13-12(17)11(10-4-2-1-3-5-10)14-18(15,16)8-9-6-7-9/h1-5,9,11,14H,6-8H2,(H2,13,17). The van der Waals surface area contributed by atoms with E-state index in [0.29, 0.717) is 5.92 Å². The zero-order valence-corrected chi connectivity index (χ0v) is 11.5. The molecule has 4 nitrogen and oxygen atoms in total. The lowest BCUT2D eigenvalue weighted by Gasteiger charge is -2.17. The minimum atomic E-state index is -3.33. The quantitative estimate of drug-likeness (QED) is 0.773. The molecule has 0 heterocycles. The molecular weight excluding hydrogens is 268 g/mol. The summed E-state index contributed by atoms with van der Waals surface area (Å²) < 4.78 is 26.5. The summed E-state index contributed by atoms with van der Waals surface area (Å²) in [4.78, 5) is 0.139. The molecule has 1 aliphatic rings. The van der Waals surface area contributed by atoms with Gasteiger partial charge in [-0.2, -0.15) is 0 Å². The zero-order chi connectivity index (χ0) is 13.2. The third-order valence-corrected chi connectivity index (χ3v) is 4.61. The number of thiocarbonyl (C=S) groups is 1. The number of rotatable bonds is 6.